The first-order valence-electron chi connectivity index (χ1n) is 12.0. The highest BCUT2D eigenvalue weighted by atomic mass is 79.9. The second-order valence-corrected chi connectivity index (χ2v) is 10.7. The lowest BCUT2D eigenvalue weighted by Gasteiger charge is -2.27. The van der Waals surface area contributed by atoms with E-state index in [1.807, 2.05) is 31.2 Å². The molecule has 1 heterocycles. The fourth-order valence-electron chi connectivity index (χ4n) is 4.44. The van der Waals surface area contributed by atoms with Gasteiger partial charge in [-0.05, 0) is 69.7 Å². The number of ether oxygens (including phenoxy) is 2. The number of aliphatic hydroxyl groups excluding tert-OH is 1. The van der Waals surface area contributed by atoms with E-state index in [0.29, 0.717) is 39.4 Å². The van der Waals surface area contributed by atoms with Crippen molar-refractivity contribution in [3.05, 3.63) is 93.5 Å². The Bertz CT molecular complexity index is 1370. The summed E-state index contributed by atoms with van der Waals surface area (Å²) in [6.07, 6.45) is 0. The Morgan fingerprint density at radius 1 is 1.03 bits per heavy atom. The molecule has 1 unspecified atom stereocenters. The number of nitrogens with zero attached hydrogens (tertiary/aromatic N) is 1. The van der Waals surface area contributed by atoms with Gasteiger partial charge in [-0.3, -0.25) is 14.5 Å². The van der Waals surface area contributed by atoms with Crippen molar-refractivity contribution < 1.29 is 24.2 Å². The molecule has 0 radical (unpaired) electrons. The van der Waals surface area contributed by atoms with Gasteiger partial charge in [0.15, 0.2) is 0 Å². The standard InChI is InChI=1S/C30H30BrNO5/c1-6-37-22-9-7-8-21(17-22)32-26(18-10-13-20(14-11-18)30(2,3)4)25(28(34)29(32)35)27(33)19-12-15-24(36-5)23(31)16-19/h7-17,26,33H,6H2,1-5H3/b27-25+. The van der Waals surface area contributed by atoms with E-state index in [0.717, 1.165) is 5.56 Å². The number of methoxy groups -OCH3 is 1. The molecule has 4 rings (SSSR count). The van der Waals surface area contributed by atoms with E-state index in [1.165, 1.54) is 4.90 Å². The molecule has 0 saturated carbocycles. The number of hydrogen-bond acceptors (Lipinski definition) is 5. The van der Waals surface area contributed by atoms with Crippen molar-refractivity contribution in [2.24, 2.45) is 0 Å². The van der Waals surface area contributed by atoms with Crippen LogP contribution in [0.5, 0.6) is 11.5 Å². The average molecular weight is 564 g/mol. The third-order valence-corrected chi connectivity index (χ3v) is 6.99. The van der Waals surface area contributed by atoms with Crippen molar-refractivity contribution in [3.8, 4) is 11.5 Å². The number of carbonyl (C=O) groups excluding carboxylic acids is 2. The summed E-state index contributed by atoms with van der Waals surface area (Å²) < 4.78 is 11.5. The molecule has 0 bridgehead atoms. The molecule has 7 heteroatoms. The highest BCUT2D eigenvalue weighted by Gasteiger charge is 2.47. The fourth-order valence-corrected chi connectivity index (χ4v) is 4.98. The number of halogens is 1. The SMILES string of the molecule is CCOc1cccc(N2C(=O)C(=O)/C(=C(/O)c3ccc(OC)c(Br)c3)C2c2ccc(C(C)(C)C)cc2)c1. The van der Waals surface area contributed by atoms with Crippen molar-refractivity contribution in [2.75, 3.05) is 18.6 Å². The maximum absolute atomic E-state index is 13.5. The number of Topliss-reactive ketones (excluding diaryl/α,β-unsaturated/α-hetero) is 1. The predicted octanol–water partition coefficient (Wildman–Crippen LogP) is 6.78. The van der Waals surface area contributed by atoms with Gasteiger partial charge in [0.2, 0.25) is 0 Å². The molecule has 6 nitrogen and oxygen atoms in total. The summed E-state index contributed by atoms with van der Waals surface area (Å²) in [5.41, 5.74) is 2.68. The molecule has 1 amide bonds. The van der Waals surface area contributed by atoms with Crippen LogP contribution >= 0.6 is 15.9 Å². The normalized spacial score (nSPS) is 17.2. The molecule has 1 N–H and O–H groups in total. The summed E-state index contributed by atoms with van der Waals surface area (Å²) >= 11 is 3.43. The lowest BCUT2D eigenvalue weighted by Crippen LogP contribution is -2.29. The molecule has 3 aromatic carbocycles. The van der Waals surface area contributed by atoms with Crippen LogP contribution in [0, 0.1) is 0 Å². The number of anilines is 1. The van der Waals surface area contributed by atoms with Crippen LogP contribution in [-0.2, 0) is 15.0 Å². The first kappa shape index (κ1) is 26.5. The number of benzene rings is 3. The quantitative estimate of drug-likeness (QED) is 0.203. The van der Waals surface area contributed by atoms with Crippen LogP contribution < -0.4 is 14.4 Å². The van der Waals surface area contributed by atoms with E-state index in [2.05, 4.69) is 36.7 Å². The maximum Gasteiger partial charge on any atom is 0.300 e. The van der Waals surface area contributed by atoms with Crippen LogP contribution in [0.2, 0.25) is 0 Å². The molecule has 192 valence electrons. The maximum atomic E-state index is 13.5. The van der Waals surface area contributed by atoms with Crippen LogP contribution in [0.15, 0.2) is 76.8 Å². The molecule has 1 aliphatic heterocycles. The van der Waals surface area contributed by atoms with Crippen molar-refractivity contribution in [1.82, 2.24) is 0 Å². The summed E-state index contributed by atoms with van der Waals surface area (Å²) in [7, 11) is 1.54. The second kappa shape index (κ2) is 10.4. The van der Waals surface area contributed by atoms with Gasteiger partial charge < -0.3 is 14.6 Å². The molecule has 37 heavy (non-hydrogen) atoms. The number of hydrogen-bond donors (Lipinski definition) is 1. The number of rotatable bonds is 6. The molecular formula is C30H30BrNO5. The number of carbonyl (C=O) groups is 2. The Kier molecular flexibility index (Phi) is 7.46. The van der Waals surface area contributed by atoms with E-state index in [4.69, 9.17) is 9.47 Å². The van der Waals surface area contributed by atoms with Crippen LogP contribution in [0.4, 0.5) is 5.69 Å². The van der Waals surface area contributed by atoms with Crippen LogP contribution in [0.25, 0.3) is 5.76 Å². The number of aliphatic hydroxyl groups is 1. The van der Waals surface area contributed by atoms with Crippen LogP contribution in [-0.4, -0.2) is 30.5 Å². The Balaban J connectivity index is 1.92. The van der Waals surface area contributed by atoms with E-state index >= 15 is 0 Å². The molecule has 1 aliphatic rings. The average Bonchev–Trinajstić information content (AvgIpc) is 3.13. The topological polar surface area (TPSA) is 76.1 Å². The lowest BCUT2D eigenvalue weighted by molar-refractivity contribution is -0.132. The zero-order chi connectivity index (χ0) is 26.9. The number of ketones is 1. The van der Waals surface area contributed by atoms with Gasteiger partial charge in [-0.25, -0.2) is 0 Å². The zero-order valence-electron chi connectivity index (χ0n) is 21.5. The lowest BCUT2D eigenvalue weighted by atomic mass is 9.85. The highest BCUT2D eigenvalue weighted by molar-refractivity contribution is 9.10. The molecule has 1 atom stereocenters. The molecule has 0 aliphatic carbocycles. The van der Waals surface area contributed by atoms with Gasteiger partial charge in [-0.1, -0.05) is 51.1 Å². The minimum absolute atomic E-state index is 0.0207. The van der Waals surface area contributed by atoms with E-state index in [9.17, 15) is 14.7 Å². The van der Waals surface area contributed by atoms with Crippen molar-refractivity contribution in [3.63, 3.8) is 0 Å². The Morgan fingerprint density at radius 2 is 1.73 bits per heavy atom. The molecular weight excluding hydrogens is 534 g/mol. The number of amides is 1. The van der Waals surface area contributed by atoms with E-state index in [-0.39, 0.29) is 16.7 Å². The van der Waals surface area contributed by atoms with Crippen molar-refractivity contribution in [1.29, 1.82) is 0 Å². The Labute approximate surface area is 225 Å². The van der Waals surface area contributed by atoms with Gasteiger partial charge in [0.25, 0.3) is 11.7 Å². The van der Waals surface area contributed by atoms with Crippen molar-refractivity contribution >= 4 is 39.1 Å². The van der Waals surface area contributed by atoms with Gasteiger partial charge in [-0.15, -0.1) is 0 Å². The molecule has 0 aromatic heterocycles. The smallest absolute Gasteiger partial charge is 0.300 e. The monoisotopic (exact) mass is 563 g/mol. The summed E-state index contributed by atoms with van der Waals surface area (Å²) in [4.78, 5) is 28.3. The van der Waals surface area contributed by atoms with Crippen molar-refractivity contribution in [2.45, 2.75) is 39.2 Å². The minimum Gasteiger partial charge on any atom is -0.507 e. The largest absolute Gasteiger partial charge is 0.507 e. The van der Waals surface area contributed by atoms with Gasteiger partial charge in [-0.2, -0.15) is 0 Å². The molecule has 3 aromatic rings. The Morgan fingerprint density at radius 3 is 2.32 bits per heavy atom. The van der Waals surface area contributed by atoms with Gasteiger partial charge >= 0.3 is 0 Å². The predicted molar refractivity (Wildman–Crippen MR) is 148 cm³/mol. The summed E-state index contributed by atoms with van der Waals surface area (Å²) in [5, 5.41) is 11.4. The first-order valence-corrected chi connectivity index (χ1v) is 12.8. The third kappa shape index (κ3) is 5.14. The van der Waals surface area contributed by atoms with Gasteiger partial charge in [0.1, 0.15) is 17.3 Å². The van der Waals surface area contributed by atoms with Crippen LogP contribution in [0.3, 0.4) is 0 Å². The zero-order valence-corrected chi connectivity index (χ0v) is 23.1. The summed E-state index contributed by atoms with van der Waals surface area (Å²) in [6, 6.07) is 19.1. The third-order valence-electron chi connectivity index (χ3n) is 6.37. The van der Waals surface area contributed by atoms with E-state index < -0.39 is 17.7 Å². The minimum atomic E-state index is -0.827. The molecule has 0 spiro atoms. The van der Waals surface area contributed by atoms with Gasteiger partial charge in [0, 0.05) is 17.3 Å². The first-order chi connectivity index (χ1) is 17.6. The van der Waals surface area contributed by atoms with E-state index in [1.54, 1.807) is 49.6 Å². The van der Waals surface area contributed by atoms with Gasteiger partial charge in [0.05, 0.1) is 29.8 Å². The highest BCUT2D eigenvalue weighted by Crippen LogP contribution is 2.43. The Hall–Kier alpha value is -3.58. The fraction of sp³-hybridized carbons (Fsp3) is 0.267. The molecule has 1 fully saturated rings. The summed E-state index contributed by atoms with van der Waals surface area (Å²) in [5.74, 6) is -0.555. The molecule has 1 saturated heterocycles. The second-order valence-electron chi connectivity index (χ2n) is 9.82. The van der Waals surface area contributed by atoms with Crippen LogP contribution in [0.1, 0.15) is 50.4 Å². The summed E-state index contributed by atoms with van der Waals surface area (Å²) in [6.45, 7) is 8.70.